The van der Waals surface area contributed by atoms with E-state index in [1.165, 1.54) is 0 Å². The zero-order valence-electron chi connectivity index (χ0n) is 12.7. The summed E-state index contributed by atoms with van der Waals surface area (Å²) in [5.41, 5.74) is 1.87. The SMILES string of the molecule is Cc1cccc(C2(NS(=O)(=O)N3CCN(C)CC3)CC2)c1. The van der Waals surface area contributed by atoms with Crippen molar-refractivity contribution in [2.24, 2.45) is 0 Å². The van der Waals surface area contributed by atoms with Crippen LogP contribution in [0.25, 0.3) is 0 Å². The van der Waals surface area contributed by atoms with E-state index in [1.807, 2.05) is 32.2 Å². The average Bonchev–Trinajstić information content (AvgIpc) is 3.19. The van der Waals surface area contributed by atoms with Gasteiger partial charge in [0.25, 0.3) is 10.2 Å². The van der Waals surface area contributed by atoms with Gasteiger partial charge in [-0.15, -0.1) is 0 Å². The smallest absolute Gasteiger partial charge is 0.280 e. The molecule has 0 amide bonds. The fourth-order valence-electron chi connectivity index (χ4n) is 2.86. The van der Waals surface area contributed by atoms with Crippen LogP contribution in [-0.2, 0) is 15.7 Å². The van der Waals surface area contributed by atoms with Gasteiger partial charge in [-0.25, -0.2) is 0 Å². The van der Waals surface area contributed by atoms with E-state index in [0.29, 0.717) is 13.1 Å². The molecule has 1 saturated carbocycles. The van der Waals surface area contributed by atoms with E-state index in [-0.39, 0.29) is 5.54 Å². The summed E-state index contributed by atoms with van der Waals surface area (Å²) in [7, 11) is -1.39. The van der Waals surface area contributed by atoms with Crippen LogP contribution in [0.5, 0.6) is 0 Å². The van der Waals surface area contributed by atoms with Gasteiger partial charge in [0.05, 0.1) is 5.54 Å². The Balaban J connectivity index is 1.76. The molecule has 116 valence electrons. The number of benzene rings is 1. The average molecular weight is 309 g/mol. The van der Waals surface area contributed by atoms with Gasteiger partial charge in [0, 0.05) is 26.2 Å². The van der Waals surface area contributed by atoms with Crippen LogP contribution in [0, 0.1) is 6.92 Å². The highest BCUT2D eigenvalue weighted by Crippen LogP contribution is 2.46. The summed E-state index contributed by atoms with van der Waals surface area (Å²) >= 11 is 0. The van der Waals surface area contributed by atoms with E-state index in [0.717, 1.165) is 37.1 Å². The molecule has 0 radical (unpaired) electrons. The van der Waals surface area contributed by atoms with Crippen molar-refractivity contribution in [3.8, 4) is 0 Å². The molecule has 0 atom stereocenters. The Hall–Kier alpha value is -0.950. The quantitative estimate of drug-likeness (QED) is 0.905. The van der Waals surface area contributed by atoms with Gasteiger partial charge >= 0.3 is 0 Å². The number of hydrogen-bond acceptors (Lipinski definition) is 3. The fraction of sp³-hybridized carbons (Fsp3) is 0.600. The summed E-state index contributed by atoms with van der Waals surface area (Å²) in [5, 5.41) is 0. The van der Waals surface area contributed by atoms with Crippen LogP contribution in [0.2, 0.25) is 0 Å². The molecule has 1 N–H and O–H groups in total. The third-order valence-electron chi connectivity index (χ3n) is 4.45. The molecule has 2 fully saturated rings. The van der Waals surface area contributed by atoms with Crippen LogP contribution < -0.4 is 4.72 Å². The maximum Gasteiger partial charge on any atom is 0.280 e. The fourth-order valence-corrected chi connectivity index (χ4v) is 4.45. The molecule has 1 aromatic rings. The summed E-state index contributed by atoms with van der Waals surface area (Å²) in [6, 6.07) is 8.13. The van der Waals surface area contributed by atoms with E-state index in [9.17, 15) is 8.42 Å². The highest BCUT2D eigenvalue weighted by molar-refractivity contribution is 7.87. The van der Waals surface area contributed by atoms with Crippen molar-refractivity contribution in [2.45, 2.75) is 25.3 Å². The van der Waals surface area contributed by atoms with Gasteiger partial charge in [0.2, 0.25) is 0 Å². The molecular weight excluding hydrogens is 286 g/mol. The van der Waals surface area contributed by atoms with Crippen LogP contribution in [0.4, 0.5) is 0 Å². The maximum atomic E-state index is 12.6. The molecule has 0 spiro atoms. The molecule has 2 aliphatic rings. The van der Waals surface area contributed by atoms with Gasteiger partial charge in [0.1, 0.15) is 0 Å². The zero-order valence-corrected chi connectivity index (χ0v) is 13.5. The van der Waals surface area contributed by atoms with Gasteiger partial charge in [-0.1, -0.05) is 29.8 Å². The summed E-state index contributed by atoms with van der Waals surface area (Å²) in [6.07, 6.45) is 1.76. The van der Waals surface area contributed by atoms with Crippen molar-refractivity contribution in [1.82, 2.24) is 13.9 Å². The molecule has 1 heterocycles. The lowest BCUT2D eigenvalue weighted by molar-refractivity contribution is 0.220. The molecule has 1 aromatic carbocycles. The minimum Gasteiger partial charge on any atom is -0.304 e. The Morgan fingerprint density at radius 2 is 1.81 bits per heavy atom. The molecule has 1 aliphatic carbocycles. The molecule has 1 aliphatic heterocycles. The molecular formula is C15H23N3O2S. The second-order valence-corrected chi connectivity index (χ2v) is 7.93. The number of piperazine rings is 1. The number of aryl methyl sites for hydroxylation is 1. The van der Waals surface area contributed by atoms with Gasteiger partial charge in [-0.05, 0) is 32.4 Å². The topological polar surface area (TPSA) is 52.7 Å². The van der Waals surface area contributed by atoms with Crippen LogP contribution in [0.1, 0.15) is 24.0 Å². The van der Waals surface area contributed by atoms with E-state index in [2.05, 4.69) is 15.7 Å². The van der Waals surface area contributed by atoms with E-state index in [4.69, 9.17) is 0 Å². The number of rotatable bonds is 4. The molecule has 0 unspecified atom stereocenters. The predicted molar refractivity (Wildman–Crippen MR) is 83.2 cm³/mol. The number of nitrogens with zero attached hydrogens (tertiary/aromatic N) is 2. The van der Waals surface area contributed by atoms with Gasteiger partial charge < -0.3 is 4.90 Å². The predicted octanol–water partition coefficient (Wildman–Crippen LogP) is 1.07. The van der Waals surface area contributed by atoms with Crippen molar-refractivity contribution >= 4 is 10.2 Å². The van der Waals surface area contributed by atoms with Crippen LogP contribution in [0.3, 0.4) is 0 Å². The first-order chi connectivity index (χ1) is 9.91. The first-order valence-corrected chi connectivity index (χ1v) is 8.90. The standard InChI is InChI=1S/C15H23N3O2S/c1-13-4-3-5-14(12-13)15(6-7-15)16-21(19,20)18-10-8-17(2)9-11-18/h3-5,12,16H,6-11H2,1-2H3. The second-order valence-electron chi connectivity index (χ2n) is 6.26. The molecule has 1 saturated heterocycles. The minimum absolute atomic E-state index is 0.381. The molecule has 5 nitrogen and oxygen atoms in total. The summed E-state index contributed by atoms with van der Waals surface area (Å²) < 4.78 is 29.7. The Morgan fingerprint density at radius 1 is 1.14 bits per heavy atom. The van der Waals surface area contributed by atoms with Crippen LogP contribution in [0.15, 0.2) is 24.3 Å². The monoisotopic (exact) mass is 309 g/mol. The molecule has 0 bridgehead atoms. The van der Waals surface area contributed by atoms with Crippen molar-refractivity contribution < 1.29 is 8.42 Å². The lowest BCUT2D eigenvalue weighted by Crippen LogP contribution is -2.52. The van der Waals surface area contributed by atoms with E-state index in [1.54, 1.807) is 4.31 Å². The maximum absolute atomic E-state index is 12.6. The number of likely N-dealkylation sites (N-methyl/N-ethyl adjacent to an activating group) is 1. The number of nitrogens with one attached hydrogen (secondary N) is 1. The van der Waals surface area contributed by atoms with E-state index >= 15 is 0 Å². The van der Waals surface area contributed by atoms with Crippen molar-refractivity contribution in [3.05, 3.63) is 35.4 Å². The largest absolute Gasteiger partial charge is 0.304 e. The summed E-state index contributed by atoms with van der Waals surface area (Å²) in [6.45, 7) is 4.75. The Morgan fingerprint density at radius 3 is 2.38 bits per heavy atom. The minimum atomic E-state index is -3.41. The first-order valence-electron chi connectivity index (χ1n) is 7.46. The van der Waals surface area contributed by atoms with E-state index < -0.39 is 10.2 Å². The highest BCUT2D eigenvalue weighted by atomic mass is 32.2. The molecule has 21 heavy (non-hydrogen) atoms. The Bertz CT molecular complexity index is 618. The van der Waals surface area contributed by atoms with Crippen molar-refractivity contribution in [1.29, 1.82) is 0 Å². The highest BCUT2D eigenvalue weighted by Gasteiger charge is 2.48. The Kier molecular flexibility index (Phi) is 3.81. The number of hydrogen-bond donors (Lipinski definition) is 1. The lowest BCUT2D eigenvalue weighted by Gasteiger charge is -2.33. The normalized spacial score (nSPS) is 23.1. The van der Waals surface area contributed by atoms with Crippen molar-refractivity contribution in [2.75, 3.05) is 33.2 Å². The zero-order chi connectivity index (χ0) is 15.1. The second kappa shape index (κ2) is 5.35. The molecule has 6 heteroatoms. The summed E-state index contributed by atoms with van der Waals surface area (Å²) in [5.74, 6) is 0. The lowest BCUT2D eigenvalue weighted by atomic mass is 10.0. The van der Waals surface area contributed by atoms with Crippen molar-refractivity contribution in [3.63, 3.8) is 0 Å². The third-order valence-corrected chi connectivity index (χ3v) is 6.14. The van der Waals surface area contributed by atoms with Gasteiger partial charge in [0.15, 0.2) is 0 Å². The first kappa shape index (κ1) is 15.0. The summed E-state index contributed by atoms with van der Waals surface area (Å²) in [4.78, 5) is 2.15. The van der Waals surface area contributed by atoms with Crippen LogP contribution >= 0.6 is 0 Å². The molecule has 3 rings (SSSR count). The van der Waals surface area contributed by atoms with Gasteiger partial charge in [-0.3, -0.25) is 0 Å². The molecule has 0 aromatic heterocycles. The Labute approximate surface area is 127 Å². The van der Waals surface area contributed by atoms with Crippen LogP contribution in [-0.4, -0.2) is 50.8 Å². The third kappa shape index (κ3) is 3.13. The van der Waals surface area contributed by atoms with Gasteiger partial charge in [-0.2, -0.15) is 17.4 Å².